The minimum absolute atomic E-state index is 1.05. The number of nitrogens with one attached hydrogen (secondary N) is 1. The van der Waals surface area contributed by atoms with E-state index < -0.39 is 0 Å². The largest absolute Gasteiger partial charge is 0.319 e. The first-order valence-electron chi connectivity index (χ1n) is 6.01. The van der Waals surface area contributed by atoms with Crippen molar-refractivity contribution in [2.24, 2.45) is 0 Å². The molecule has 1 aromatic carbocycles. The van der Waals surface area contributed by atoms with Gasteiger partial charge in [-0.15, -0.1) is 11.3 Å². The Morgan fingerprint density at radius 1 is 1.12 bits per heavy atom. The topological polar surface area (TPSA) is 12.0 Å². The van der Waals surface area contributed by atoms with E-state index in [2.05, 4.69) is 49.5 Å². The zero-order valence-corrected chi connectivity index (χ0v) is 11.5. The highest BCUT2D eigenvalue weighted by molar-refractivity contribution is 7.15. The normalized spacial score (nSPS) is 10.8. The van der Waals surface area contributed by atoms with E-state index >= 15 is 0 Å². The van der Waals surface area contributed by atoms with Crippen LogP contribution in [0, 0.1) is 13.8 Å². The molecule has 0 aliphatic carbocycles. The van der Waals surface area contributed by atoms with Crippen LogP contribution in [0.15, 0.2) is 30.3 Å². The molecule has 0 saturated carbocycles. The maximum absolute atomic E-state index is 3.19. The lowest BCUT2D eigenvalue weighted by molar-refractivity contribution is 0.799. The van der Waals surface area contributed by atoms with Gasteiger partial charge in [0.05, 0.1) is 0 Å². The molecule has 2 heteroatoms. The summed E-state index contributed by atoms with van der Waals surface area (Å²) in [6.07, 6.45) is 1.12. The van der Waals surface area contributed by atoms with Crippen LogP contribution in [0.25, 0.3) is 10.4 Å². The second kappa shape index (κ2) is 5.48. The van der Waals surface area contributed by atoms with E-state index in [4.69, 9.17) is 0 Å². The molecular weight excluding hydrogens is 226 g/mol. The molecule has 1 heterocycles. The first-order chi connectivity index (χ1) is 8.20. The van der Waals surface area contributed by atoms with E-state index in [0.717, 1.165) is 13.0 Å². The first kappa shape index (κ1) is 12.3. The van der Waals surface area contributed by atoms with Gasteiger partial charge in [-0.3, -0.25) is 0 Å². The Bertz CT molecular complexity index is 499. The third kappa shape index (κ3) is 2.96. The molecule has 1 nitrogen and oxygen atoms in total. The van der Waals surface area contributed by atoms with Gasteiger partial charge in [0.1, 0.15) is 0 Å². The second-order valence-electron chi connectivity index (χ2n) is 4.44. The van der Waals surface area contributed by atoms with Crippen LogP contribution in [0.4, 0.5) is 0 Å². The third-order valence-corrected chi connectivity index (χ3v) is 4.12. The molecule has 0 aliphatic heterocycles. The maximum atomic E-state index is 3.19. The minimum Gasteiger partial charge on any atom is -0.319 e. The number of likely N-dealkylation sites (N-methyl/N-ethyl adjacent to an activating group) is 1. The Hall–Kier alpha value is -1.12. The van der Waals surface area contributed by atoms with Crippen LogP contribution in [0.2, 0.25) is 0 Å². The van der Waals surface area contributed by atoms with E-state index in [0.29, 0.717) is 0 Å². The average Bonchev–Trinajstić information content (AvgIpc) is 2.78. The van der Waals surface area contributed by atoms with Crippen molar-refractivity contribution in [1.82, 2.24) is 5.32 Å². The van der Waals surface area contributed by atoms with E-state index in [1.807, 2.05) is 18.4 Å². The molecule has 90 valence electrons. The number of aryl methyl sites for hydroxylation is 2. The summed E-state index contributed by atoms with van der Waals surface area (Å²) in [5.74, 6) is 0. The fraction of sp³-hybridized carbons (Fsp3) is 0.333. The molecule has 2 rings (SSSR count). The molecule has 0 atom stereocenters. The smallest absolute Gasteiger partial charge is 0.0348 e. The number of thiophene rings is 1. The number of hydrogen-bond donors (Lipinski definition) is 1. The summed E-state index contributed by atoms with van der Waals surface area (Å²) in [7, 11) is 2.00. The highest BCUT2D eigenvalue weighted by atomic mass is 32.1. The fourth-order valence-corrected chi connectivity index (χ4v) is 3.00. The predicted molar refractivity (Wildman–Crippen MR) is 76.9 cm³/mol. The Kier molecular flexibility index (Phi) is 3.97. The Morgan fingerprint density at radius 3 is 2.71 bits per heavy atom. The van der Waals surface area contributed by atoms with Crippen molar-refractivity contribution in [3.63, 3.8) is 0 Å². The van der Waals surface area contributed by atoms with Crippen LogP contribution in [0.3, 0.4) is 0 Å². The summed E-state index contributed by atoms with van der Waals surface area (Å²) < 4.78 is 0. The highest BCUT2D eigenvalue weighted by Crippen LogP contribution is 2.31. The average molecular weight is 245 g/mol. The van der Waals surface area contributed by atoms with Gasteiger partial charge in [0.25, 0.3) is 0 Å². The zero-order valence-electron chi connectivity index (χ0n) is 10.7. The van der Waals surface area contributed by atoms with Crippen LogP contribution in [-0.2, 0) is 6.42 Å². The molecular formula is C15H19NS. The fourth-order valence-electron chi connectivity index (χ4n) is 1.91. The van der Waals surface area contributed by atoms with Gasteiger partial charge < -0.3 is 5.32 Å². The minimum atomic E-state index is 1.05. The summed E-state index contributed by atoms with van der Waals surface area (Å²) in [6.45, 7) is 5.38. The van der Waals surface area contributed by atoms with Crippen LogP contribution in [0.1, 0.15) is 16.0 Å². The van der Waals surface area contributed by atoms with Gasteiger partial charge in [-0.05, 0) is 57.1 Å². The maximum Gasteiger partial charge on any atom is 0.0348 e. The molecule has 1 N–H and O–H groups in total. The monoisotopic (exact) mass is 245 g/mol. The summed E-state index contributed by atoms with van der Waals surface area (Å²) in [6, 6.07) is 11.2. The third-order valence-electron chi connectivity index (χ3n) is 2.94. The second-order valence-corrected chi connectivity index (χ2v) is 5.61. The van der Waals surface area contributed by atoms with Gasteiger partial charge in [-0.25, -0.2) is 0 Å². The van der Waals surface area contributed by atoms with Gasteiger partial charge in [0, 0.05) is 9.75 Å². The lowest BCUT2D eigenvalue weighted by Gasteiger charge is -2.04. The molecule has 0 fully saturated rings. The predicted octanol–water partition coefficient (Wildman–Crippen LogP) is 3.79. The van der Waals surface area contributed by atoms with E-state index in [1.165, 1.54) is 26.4 Å². The lowest BCUT2D eigenvalue weighted by atomic mass is 10.0. The Labute approximate surface area is 108 Å². The SMILES string of the molecule is CNCCc1ccc(-c2cc(C)ccc2C)s1. The number of benzene rings is 1. The summed E-state index contributed by atoms with van der Waals surface area (Å²) in [5, 5.41) is 3.19. The Morgan fingerprint density at radius 2 is 1.94 bits per heavy atom. The van der Waals surface area contributed by atoms with Gasteiger partial charge in [-0.1, -0.05) is 23.8 Å². The van der Waals surface area contributed by atoms with Crippen molar-refractivity contribution in [2.45, 2.75) is 20.3 Å². The van der Waals surface area contributed by atoms with Crippen molar-refractivity contribution in [3.05, 3.63) is 46.3 Å². The van der Waals surface area contributed by atoms with Crippen molar-refractivity contribution in [1.29, 1.82) is 0 Å². The number of rotatable bonds is 4. The molecule has 0 unspecified atom stereocenters. The van der Waals surface area contributed by atoms with Crippen molar-refractivity contribution < 1.29 is 0 Å². The van der Waals surface area contributed by atoms with E-state index in [-0.39, 0.29) is 0 Å². The van der Waals surface area contributed by atoms with Gasteiger partial charge in [0.2, 0.25) is 0 Å². The summed E-state index contributed by atoms with van der Waals surface area (Å²) in [5.41, 5.74) is 4.07. The standard InChI is InChI=1S/C15H19NS/c1-11-4-5-12(2)14(10-11)15-7-6-13(17-15)8-9-16-3/h4-7,10,16H,8-9H2,1-3H3. The molecule has 0 radical (unpaired) electrons. The highest BCUT2D eigenvalue weighted by Gasteiger charge is 2.05. The van der Waals surface area contributed by atoms with Crippen LogP contribution in [0.5, 0.6) is 0 Å². The molecule has 2 aromatic rings. The molecule has 0 aliphatic rings. The lowest BCUT2D eigenvalue weighted by Crippen LogP contribution is -2.09. The van der Waals surface area contributed by atoms with Crippen LogP contribution in [-0.4, -0.2) is 13.6 Å². The van der Waals surface area contributed by atoms with Crippen LogP contribution >= 0.6 is 11.3 Å². The zero-order chi connectivity index (χ0) is 12.3. The Balaban J connectivity index is 2.27. The molecule has 0 amide bonds. The van der Waals surface area contributed by atoms with Crippen LogP contribution < -0.4 is 5.32 Å². The molecule has 0 saturated heterocycles. The molecule has 0 bridgehead atoms. The van der Waals surface area contributed by atoms with Gasteiger partial charge in [0.15, 0.2) is 0 Å². The van der Waals surface area contributed by atoms with Crippen molar-refractivity contribution in [2.75, 3.05) is 13.6 Å². The summed E-state index contributed by atoms with van der Waals surface area (Å²) >= 11 is 1.91. The van der Waals surface area contributed by atoms with Gasteiger partial charge in [-0.2, -0.15) is 0 Å². The first-order valence-corrected chi connectivity index (χ1v) is 6.83. The van der Waals surface area contributed by atoms with Crippen molar-refractivity contribution in [3.8, 4) is 10.4 Å². The van der Waals surface area contributed by atoms with Crippen molar-refractivity contribution >= 4 is 11.3 Å². The summed E-state index contributed by atoms with van der Waals surface area (Å²) in [4.78, 5) is 2.84. The quantitative estimate of drug-likeness (QED) is 0.864. The van der Waals surface area contributed by atoms with Gasteiger partial charge >= 0.3 is 0 Å². The van der Waals surface area contributed by atoms with E-state index in [1.54, 1.807) is 0 Å². The number of hydrogen-bond acceptors (Lipinski definition) is 2. The molecule has 0 spiro atoms. The van der Waals surface area contributed by atoms with E-state index in [9.17, 15) is 0 Å². The molecule has 1 aromatic heterocycles. The molecule has 17 heavy (non-hydrogen) atoms.